The minimum Gasteiger partial charge on any atom is -0.398 e. The number of hydrogen-bond donors (Lipinski definition) is 0. The minimum absolute atomic E-state index is 0.131. The lowest BCUT2D eigenvalue weighted by molar-refractivity contribution is -0.470. The summed E-state index contributed by atoms with van der Waals surface area (Å²) in [5.74, 6) is 0. The summed E-state index contributed by atoms with van der Waals surface area (Å²) in [4.78, 5) is 15.3. The van der Waals surface area contributed by atoms with Crippen LogP contribution in [0, 0.1) is 16.2 Å². The molecule has 0 aliphatic carbocycles. The summed E-state index contributed by atoms with van der Waals surface area (Å²) in [6, 6.07) is 1.85. The van der Waals surface area contributed by atoms with E-state index in [0.717, 1.165) is 4.76 Å². The fourth-order valence-corrected chi connectivity index (χ4v) is 0.924. The molecule has 0 aromatic carbocycles. The van der Waals surface area contributed by atoms with Crippen LogP contribution < -0.4 is 0 Å². The van der Waals surface area contributed by atoms with Crippen molar-refractivity contribution < 1.29 is 9.60 Å². The molecule has 0 aromatic rings. The number of hydrogen-bond acceptors (Lipinski definition) is 4. The molecule has 0 amide bonds. The van der Waals surface area contributed by atoms with E-state index in [1.54, 1.807) is 12.2 Å². The van der Waals surface area contributed by atoms with Crippen LogP contribution in [0.5, 0.6) is 0 Å². The molecule has 5 nitrogen and oxygen atoms in total. The first-order chi connectivity index (χ1) is 6.27. The number of rotatable bonds is 2. The van der Waals surface area contributed by atoms with E-state index in [9.17, 15) is 4.91 Å². The summed E-state index contributed by atoms with van der Waals surface area (Å²) >= 11 is 0. The molecule has 0 N–H and O–H groups in total. The third-order valence-corrected chi connectivity index (χ3v) is 1.47. The first kappa shape index (κ1) is 9.13. The van der Waals surface area contributed by atoms with Gasteiger partial charge in [0.1, 0.15) is 13.2 Å². The van der Waals surface area contributed by atoms with Crippen LogP contribution in [-0.2, 0) is 4.84 Å². The molecule has 13 heavy (non-hydrogen) atoms. The zero-order valence-corrected chi connectivity index (χ0v) is 7.10. The van der Waals surface area contributed by atoms with E-state index < -0.39 is 0 Å². The maximum Gasteiger partial charge on any atom is 0.226 e. The highest BCUT2D eigenvalue weighted by Crippen LogP contribution is 2.05. The number of nitroso groups, excluding NO2 is 1. The first-order valence-electron chi connectivity index (χ1n) is 3.60. The Balaban J connectivity index is 2.89. The van der Waals surface area contributed by atoms with Gasteiger partial charge in [-0.3, -0.25) is 0 Å². The first-order valence-corrected chi connectivity index (χ1v) is 3.60. The highest BCUT2D eigenvalue weighted by molar-refractivity contribution is 6.11. The zero-order chi connectivity index (χ0) is 9.68. The summed E-state index contributed by atoms with van der Waals surface area (Å²) in [6.45, 7) is 0.131. The SMILES string of the molecule is CO/N=C(/C#N)C1=CC=C[N+](=O)C1. The second-order valence-corrected chi connectivity index (χ2v) is 2.34. The molecule has 0 saturated carbocycles. The van der Waals surface area contributed by atoms with Gasteiger partial charge in [-0.1, -0.05) is 5.16 Å². The highest BCUT2D eigenvalue weighted by Gasteiger charge is 2.18. The Kier molecular flexibility index (Phi) is 2.92. The van der Waals surface area contributed by atoms with Gasteiger partial charge in [0.15, 0.2) is 5.71 Å². The Bertz CT molecular complexity index is 347. The Morgan fingerprint density at radius 3 is 3.15 bits per heavy atom. The summed E-state index contributed by atoms with van der Waals surface area (Å²) in [7, 11) is 1.35. The largest absolute Gasteiger partial charge is 0.398 e. The van der Waals surface area contributed by atoms with Crippen molar-refractivity contribution in [3.8, 4) is 6.07 Å². The van der Waals surface area contributed by atoms with E-state index in [1.165, 1.54) is 13.3 Å². The average molecular weight is 178 g/mol. The highest BCUT2D eigenvalue weighted by atomic mass is 16.6. The van der Waals surface area contributed by atoms with Crippen LogP contribution in [-0.4, -0.2) is 24.1 Å². The zero-order valence-electron chi connectivity index (χ0n) is 7.10. The van der Waals surface area contributed by atoms with E-state index in [-0.39, 0.29) is 12.3 Å². The molecule has 0 unspecified atom stereocenters. The number of allylic oxidation sites excluding steroid dienone is 2. The lowest BCUT2D eigenvalue weighted by atomic mass is 10.1. The molecule has 1 aliphatic rings. The van der Waals surface area contributed by atoms with Gasteiger partial charge in [-0.05, 0) is 6.08 Å². The quantitative estimate of drug-likeness (QED) is 0.356. The van der Waals surface area contributed by atoms with Crippen molar-refractivity contribution in [3.63, 3.8) is 0 Å². The van der Waals surface area contributed by atoms with Gasteiger partial charge in [-0.25, -0.2) is 0 Å². The molecule has 66 valence electrons. The van der Waals surface area contributed by atoms with Crippen molar-refractivity contribution in [2.75, 3.05) is 13.7 Å². The normalized spacial score (nSPS) is 16.5. The minimum atomic E-state index is 0.131. The van der Waals surface area contributed by atoms with E-state index in [2.05, 4.69) is 9.99 Å². The molecule has 1 rings (SSSR count). The monoisotopic (exact) mass is 178 g/mol. The van der Waals surface area contributed by atoms with Gasteiger partial charge in [0, 0.05) is 15.7 Å². The molecule has 0 aromatic heterocycles. The fourth-order valence-electron chi connectivity index (χ4n) is 0.924. The van der Waals surface area contributed by atoms with Crippen LogP contribution in [0.2, 0.25) is 0 Å². The number of nitriles is 1. The molecule has 0 fully saturated rings. The number of nitrogens with zero attached hydrogens (tertiary/aromatic N) is 3. The van der Waals surface area contributed by atoms with Crippen LogP contribution in [0.3, 0.4) is 0 Å². The lowest BCUT2D eigenvalue weighted by Crippen LogP contribution is -2.14. The molecule has 0 spiro atoms. The van der Waals surface area contributed by atoms with Crippen LogP contribution >= 0.6 is 0 Å². The van der Waals surface area contributed by atoms with E-state index >= 15 is 0 Å². The van der Waals surface area contributed by atoms with Gasteiger partial charge in [0.25, 0.3) is 0 Å². The number of oxime groups is 1. The van der Waals surface area contributed by atoms with Gasteiger partial charge in [0.2, 0.25) is 12.7 Å². The van der Waals surface area contributed by atoms with Gasteiger partial charge in [-0.2, -0.15) is 5.26 Å². The molecular weight excluding hydrogens is 170 g/mol. The van der Waals surface area contributed by atoms with Crippen LogP contribution in [0.25, 0.3) is 0 Å². The van der Waals surface area contributed by atoms with Gasteiger partial charge < -0.3 is 4.84 Å². The standard InChI is InChI=1S/C8H8N3O2/c1-13-10-8(5-9)7-3-2-4-11(12)6-7/h2-4H,6H2,1H3/q+1/b10-8-. The van der Waals surface area contributed by atoms with Gasteiger partial charge in [-0.15, -0.1) is 0 Å². The van der Waals surface area contributed by atoms with Crippen molar-refractivity contribution in [1.29, 1.82) is 5.26 Å². The topological polar surface area (TPSA) is 65.5 Å². The molecule has 5 heteroatoms. The van der Waals surface area contributed by atoms with Gasteiger partial charge in [0.05, 0.1) is 5.57 Å². The van der Waals surface area contributed by atoms with Crippen LogP contribution in [0.15, 0.2) is 29.1 Å². The van der Waals surface area contributed by atoms with E-state index in [4.69, 9.17) is 5.26 Å². The fraction of sp³-hybridized carbons (Fsp3) is 0.250. The molecule has 1 heterocycles. The van der Waals surface area contributed by atoms with Crippen molar-refractivity contribution in [1.82, 2.24) is 0 Å². The molecule has 0 bridgehead atoms. The third kappa shape index (κ3) is 2.24. The van der Waals surface area contributed by atoms with Crippen molar-refractivity contribution in [3.05, 3.63) is 28.8 Å². The Hall–Kier alpha value is -1.96. The van der Waals surface area contributed by atoms with Gasteiger partial charge >= 0.3 is 0 Å². The molecule has 0 radical (unpaired) electrons. The Labute approximate surface area is 75.2 Å². The summed E-state index contributed by atoms with van der Waals surface area (Å²) < 4.78 is 0.720. The van der Waals surface area contributed by atoms with E-state index in [1.807, 2.05) is 6.07 Å². The summed E-state index contributed by atoms with van der Waals surface area (Å²) in [5.41, 5.74) is 0.689. The second-order valence-electron chi connectivity index (χ2n) is 2.34. The van der Waals surface area contributed by atoms with E-state index in [0.29, 0.717) is 5.57 Å². The van der Waals surface area contributed by atoms with Crippen molar-refractivity contribution >= 4 is 5.71 Å². The smallest absolute Gasteiger partial charge is 0.226 e. The Morgan fingerprint density at radius 2 is 2.62 bits per heavy atom. The Morgan fingerprint density at radius 1 is 1.85 bits per heavy atom. The average Bonchev–Trinajstić information content (AvgIpc) is 2.14. The predicted molar refractivity (Wildman–Crippen MR) is 45.8 cm³/mol. The van der Waals surface area contributed by atoms with Crippen molar-refractivity contribution in [2.45, 2.75) is 0 Å². The molecule has 1 aliphatic heterocycles. The third-order valence-electron chi connectivity index (χ3n) is 1.47. The summed E-state index contributed by atoms with van der Waals surface area (Å²) in [5, 5.41) is 12.1. The van der Waals surface area contributed by atoms with Crippen LogP contribution in [0.4, 0.5) is 0 Å². The van der Waals surface area contributed by atoms with Crippen molar-refractivity contribution in [2.24, 2.45) is 5.16 Å². The van der Waals surface area contributed by atoms with Crippen LogP contribution in [0.1, 0.15) is 0 Å². The molecule has 0 saturated heterocycles. The predicted octanol–water partition coefficient (Wildman–Crippen LogP) is 0.745. The second kappa shape index (κ2) is 4.16. The maximum atomic E-state index is 10.9. The molecular formula is C8H8N3O2+. The lowest BCUT2D eigenvalue weighted by Gasteiger charge is -1.99. The molecule has 0 atom stereocenters. The maximum absolute atomic E-state index is 10.9. The summed E-state index contributed by atoms with van der Waals surface area (Å²) in [6.07, 6.45) is 4.61.